The highest BCUT2D eigenvalue weighted by atomic mass is 32.1. The number of carbonyl (C=O) groups excluding carboxylic acids is 4. The van der Waals surface area contributed by atoms with Gasteiger partial charge in [0.15, 0.2) is 5.96 Å². The molecule has 0 bridgehead atoms. The standard InChI is InChI=1S/C19H36N8O6S/c1-9(2)14(21)17(31)25-10(5-6-13(20)28)15(29)27-12(8-34)16(30)26-11(18(32)33)4-3-7-24-19(22)23/h9-12,14,34H,3-8,21H2,1-2H3,(H2,20,28)(H,25,31)(H,26,30)(H,27,29)(H,32,33)(H4,22,23,24). The van der Waals surface area contributed by atoms with Gasteiger partial charge in [0.25, 0.3) is 0 Å². The van der Waals surface area contributed by atoms with Crippen molar-refractivity contribution < 1.29 is 29.1 Å². The second-order valence-electron chi connectivity index (χ2n) is 7.93. The average molecular weight is 505 g/mol. The fourth-order valence-corrected chi connectivity index (χ4v) is 2.88. The molecular formula is C19H36N8O6S. The molecule has 4 atom stereocenters. The summed E-state index contributed by atoms with van der Waals surface area (Å²) in [6, 6.07) is -4.57. The molecule has 0 rings (SSSR count). The molecule has 0 fully saturated rings. The van der Waals surface area contributed by atoms with Gasteiger partial charge in [0.05, 0.1) is 6.04 Å². The summed E-state index contributed by atoms with van der Waals surface area (Å²) in [5, 5.41) is 16.6. The van der Waals surface area contributed by atoms with Gasteiger partial charge in [0.2, 0.25) is 23.6 Å². The Morgan fingerprint density at radius 1 is 0.882 bits per heavy atom. The zero-order valence-corrected chi connectivity index (χ0v) is 20.2. The lowest BCUT2D eigenvalue weighted by Gasteiger charge is -2.25. The Bertz CT molecular complexity index is 759. The van der Waals surface area contributed by atoms with Crippen molar-refractivity contribution in [3.05, 3.63) is 0 Å². The van der Waals surface area contributed by atoms with Gasteiger partial charge in [-0.05, 0) is 25.2 Å². The maximum atomic E-state index is 12.8. The van der Waals surface area contributed by atoms with E-state index in [1.807, 2.05) is 0 Å². The molecule has 0 radical (unpaired) electrons. The molecule has 12 N–H and O–H groups in total. The third-order valence-corrected chi connectivity index (χ3v) is 5.07. The molecule has 14 nitrogen and oxygen atoms in total. The Hall–Kier alpha value is -3.07. The van der Waals surface area contributed by atoms with Crippen molar-refractivity contribution in [2.75, 3.05) is 12.3 Å². The highest BCUT2D eigenvalue weighted by molar-refractivity contribution is 7.80. The SMILES string of the molecule is CC(C)C(N)C(=O)NC(CCC(N)=O)C(=O)NC(CS)C(=O)NC(CCCN=C(N)N)C(=O)O. The van der Waals surface area contributed by atoms with Gasteiger partial charge in [0.1, 0.15) is 18.1 Å². The van der Waals surface area contributed by atoms with Crippen LogP contribution >= 0.6 is 12.6 Å². The number of carbonyl (C=O) groups is 5. The molecule has 0 aromatic carbocycles. The molecule has 0 saturated carbocycles. The van der Waals surface area contributed by atoms with Gasteiger partial charge in [-0.15, -0.1) is 0 Å². The Morgan fingerprint density at radius 2 is 1.41 bits per heavy atom. The summed E-state index contributed by atoms with van der Waals surface area (Å²) in [6.07, 6.45) is -0.00899. The van der Waals surface area contributed by atoms with Gasteiger partial charge in [-0.25, -0.2) is 4.79 Å². The lowest BCUT2D eigenvalue weighted by atomic mass is 10.0. The number of hydrogen-bond acceptors (Lipinski definition) is 8. The van der Waals surface area contributed by atoms with Crippen molar-refractivity contribution in [3.63, 3.8) is 0 Å². The molecule has 0 aliphatic heterocycles. The lowest BCUT2D eigenvalue weighted by molar-refractivity contribution is -0.142. The van der Waals surface area contributed by atoms with Gasteiger partial charge in [0, 0.05) is 18.7 Å². The number of carboxylic acids is 1. The maximum absolute atomic E-state index is 12.8. The number of amides is 4. The topological polar surface area (TPSA) is 258 Å². The average Bonchev–Trinajstić information content (AvgIpc) is 2.75. The highest BCUT2D eigenvalue weighted by Gasteiger charge is 2.30. The third kappa shape index (κ3) is 12.2. The van der Waals surface area contributed by atoms with Gasteiger partial charge >= 0.3 is 5.97 Å². The van der Waals surface area contributed by atoms with Gasteiger partial charge < -0.3 is 44.0 Å². The minimum atomic E-state index is -1.28. The summed E-state index contributed by atoms with van der Waals surface area (Å²) >= 11 is 4.04. The van der Waals surface area contributed by atoms with E-state index in [0.717, 1.165) is 0 Å². The Balaban J connectivity index is 5.25. The summed E-state index contributed by atoms with van der Waals surface area (Å²) in [5.74, 6) is -4.67. The largest absolute Gasteiger partial charge is 0.480 e. The zero-order valence-electron chi connectivity index (χ0n) is 19.3. The number of aliphatic carboxylic acids is 1. The van der Waals surface area contributed by atoms with Crippen molar-refractivity contribution in [3.8, 4) is 0 Å². The van der Waals surface area contributed by atoms with Crippen LogP contribution in [0.5, 0.6) is 0 Å². The minimum absolute atomic E-state index is 0.0372. The molecule has 0 saturated heterocycles. The molecule has 0 aromatic rings. The monoisotopic (exact) mass is 504 g/mol. The van der Waals surface area contributed by atoms with Gasteiger partial charge in [-0.1, -0.05) is 13.8 Å². The maximum Gasteiger partial charge on any atom is 0.326 e. The predicted molar refractivity (Wildman–Crippen MR) is 128 cm³/mol. The van der Waals surface area contributed by atoms with E-state index in [1.54, 1.807) is 13.8 Å². The molecule has 0 aliphatic carbocycles. The first kappa shape index (κ1) is 30.9. The van der Waals surface area contributed by atoms with Crippen molar-refractivity contribution >= 4 is 48.2 Å². The van der Waals surface area contributed by atoms with Crippen molar-refractivity contribution in [1.82, 2.24) is 16.0 Å². The van der Waals surface area contributed by atoms with Crippen LogP contribution in [0.15, 0.2) is 4.99 Å². The van der Waals surface area contributed by atoms with Crippen molar-refractivity contribution in [2.45, 2.75) is 63.7 Å². The van der Waals surface area contributed by atoms with Crippen LogP contribution in [-0.2, 0) is 24.0 Å². The van der Waals surface area contributed by atoms with Gasteiger partial charge in [-0.3, -0.25) is 24.2 Å². The van der Waals surface area contributed by atoms with E-state index in [2.05, 4.69) is 33.6 Å². The molecule has 0 aromatic heterocycles. The second kappa shape index (κ2) is 15.7. The number of primary amides is 1. The molecule has 15 heteroatoms. The van der Waals surface area contributed by atoms with Crippen LogP contribution in [0.3, 0.4) is 0 Å². The molecule has 0 heterocycles. The quantitative estimate of drug-likeness (QED) is 0.0442. The fourth-order valence-electron chi connectivity index (χ4n) is 2.63. The summed E-state index contributed by atoms with van der Waals surface area (Å²) in [6.45, 7) is 3.62. The number of carboxylic acid groups (broad SMARTS) is 1. The molecular weight excluding hydrogens is 468 g/mol. The first-order valence-electron chi connectivity index (χ1n) is 10.6. The molecule has 194 valence electrons. The number of nitrogens with two attached hydrogens (primary N) is 4. The number of hydrogen-bond donors (Lipinski definition) is 9. The fraction of sp³-hybridized carbons (Fsp3) is 0.684. The smallest absolute Gasteiger partial charge is 0.326 e. The zero-order chi connectivity index (χ0) is 26.4. The minimum Gasteiger partial charge on any atom is -0.480 e. The van der Waals surface area contributed by atoms with E-state index in [-0.39, 0.29) is 49.9 Å². The predicted octanol–water partition coefficient (Wildman–Crippen LogP) is -3.24. The van der Waals surface area contributed by atoms with Crippen LogP contribution < -0.4 is 38.9 Å². The Morgan fingerprint density at radius 3 is 1.88 bits per heavy atom. The highest BCUT2D eigenvalue weighted by Crippen LogP contribution is 2.05. The molecule has 34 heavy (non-hydrogen) atoms. The number of rotatable bonds is 16. The Labute approximate surface area is 203 Å². The summed E-state index contributed by atoms with van der Waals surface area (Å²) in [7, 11) is 0. The lowest BCUT2D eigenvalue weighted by Crippen LogP contribution is -2.58. The number of guanidine groups is 1. The number of thiol groups is 1. The van der Waals surface area contributed by atoms with Crippen LogP contribution in [0.4, 0.5) is 0 Å². The van der Waals surface area contributed by atoms with Crippen LogP contribution in [0.1, 0.15) is 39.5 Å². The first-order chi connectivity index (χ1) is 15.8. The summed E-state index contributed by atoms with van der Waals surface area (Å²) in [4.78, 5) is 64.1. The molecule has 0 aliphatic rings. The van der Waals surface area contributed by atoms with E-state index < -0.39 is 53.8 Å². The van der Waals surface area contributed by atoms with E-state index in [0.29, 0.717) is 0 Å². The van der Waals surface area contributed by atoms with Crippen molar-refractivity contribution in [1.29, 1.82) is 0 Å². The van der Waals surface area contributed by atoms with E-state index in [1.165, 1.54) is 0 Å². The first-order valence-corrected chi connectivity index (χ1v) is 11.3. The van der Waals surface area contributed by atoms with Crippen molar-refractivity contribution in [2.24, 2.45) is 33.8 Å². The number of nitrogens with one attached hydrogen (secondary N) is 3. The summed E-state index contributed by atoms with van der Waals surface area (Å²) < 4.78 is 0. The van der Waals surface area contributed by atoms with E-state index >= 15 is 0 Å². The molecule has 4 unspecified atom stereocenters. The summed E-state index contributed by atoms with van der Waals surface area (Å²) in [5.41, 5.74) is 21.4. The van der Waals surface area contributed by atoms with Gasteiger partial charge in [-0.2, -0.15) is 12.6 Å². The van der Waals surface area contributed by atoms with Crippen LogP contribution in [0.2, 0.25) is 0 Å². The van der Waals surface area contributed by atoms with Crippen LogP contribution in [-0.4, -0.2) is 77.1 Å². The normalized spacial score (nSPS) is 14.3. The van der Waals surface area contributed by atoms with E-state index in [4.69, 9.17) is 22.9 Å². The van der Waals surface area contributed by atoms with Crippen LogP contribution in [0, 0.1) is 5.92 Å². The van der Waals surface area contributed by atoms with E-state index in [9.17, 15) is 29.1 Å². The van der Waals surface area contributed by atoms with Crippen LogP contribution in [0.25, 0.3) is 0 Å². The molecule has 0 spiro atoms. The Kier molecular flexibility index (Phi) is 14.3. The number of aliphatic imine (C=N–C) groups is 1. The second-order valence-corrected chi connectivity index (χ2v) is 8.29. The third-order valence-electron chi connectivity index (χ3n) is 4.71. The molecule has 4 amide bonds. The number of nitrogens with zero attached hydrogens (tertiary/aromatic N) is 1.